The number of rotatable bonds is 52. The lowest BCUT2D eigenvalue weighted by molar-refractivity contribution is -0.167. The van der Waals surface area contributed by atoms with Crippen molar-refractivity contribution < 1.29 is 28.6 Å². The number of hydrogen-bond donors (Lipinski definition) is 0. The molecule has 0 aromatic heterocycles. The number of ether oxygens (including phenoxy) is 3. The van der Waals surface area contributed by atoms with Gasteiger partial charge in [-0.05, 0) is 128 Å². The first-order valence-electron chi connectivity index (χ1n) is 29.4. The molecule has 6 heteroatoms. The van der Waals surface area contributed by atoms with Crippen molar-refractivity contribution in [1.82, 2.24) is 0 Å². The van der Waals surface area contributed by atoms with Crippen LogP contribution in [0, 0.1) is 0 Å². The van der Waals surface area contributed by atoms with Crippen LogP contribution in [-0.4, -0.2) is 37.2 Å². The summed E-state index contributed by atoms with van der Waals surface area (Å²) >= 11 is 0. The van der Waals surface area contributed by atoms with Crippen LogP contribution in [0.3, 0.4) is 0 Å². The summed E-state index contributed by atoms with van der Waals surface area (Å²) in [6.45, 7) is 6.44. The van der Waals surface area contributed by atoms with Crippen LogP contribution in [0.15, 0.2) is 109 Å². The number of unbranched alkanes of at least 4 members (excludes halogenated alkanes) is 23. The van der Waals surface area contributed by atoms with Crippen molar-refractivity contribution in [2.24, 2.45) is 0 Å². The lowest BCUT2D eigenvalue weighted by Crippen LogP contribution is -2.30. The summed E-state index contributed by atoms with van der Waals surface area (Å²) in [6.07, 6.45) is 79.3. The Morgan fingerprint density at radius 3 is 0.873 bits per heavy atom. The molecule has 0 saturated carbocycles. The molecule has 0 aromatic rings. The molecule has 71 heavy (non-hydrogen) atoms. The second-order valence-corrected chi connectivity index (χ2v) is 19.2. The minimum atomic E-state index is -0.802. The summed E-state index contributed by atoms with van der Waals surface area (Å²) in [5.41, 5.74) is 0. The summed E-state index contributed by atoms with van der Waals surface area (Å²) < 4.78 is 16.9. The van der Waals surface area contributed by atoms with Crippen LogP contribution in [0.1, 0.15) is 265 Å². The lowest BCUT2D eigenvalue weighted by atomic mass is 10.1. The van der Waals surface area contributed by atoms with E-state index in [1.807, 2.05) is 0 Å². The van der Waals surface area contributed by atoms with Crippen molar-refractivity contribution in [3.05, 3.63) is 109 Å². The molecule has 0 rings (SSSR count). The fourth-order valence-electron chi connectivity index (χ4n) is 7.82. The van der Waals surface area contributed by atoms with E-state index in [2.05, 4.69) is 130 Å². The van der Waals surface area contributed by atoms with Gasteiger partial charge in [-0.15, -0.1) is 0 Å². The molecule has 0 N–H and O–H groups in total. The third-order valence-electron chi connectivity index (χ3n) is 12.2. The first-order valence-corrected chi connectivity index (χ1v) is 29.4. The largest absolute Gasteiger partial charge is 0.462 e. The minimum Gasteiger partial charge on any atom is -0.462 e. The van der Waals surface area contributed by atoms with Gasteiger partial charge in [-0.1, -0.05) is 226 Å². The van der Waals surface area contributed by atoms with Gasteiger partial charge in [0.1, 0.15) is 13.2 Å². The van der Waals surface area contributed by atoms with Gasteiger partial charge < -0.3 is 14.2 Å². The van der Waals surface area contributed by atoms with Gasteiger partial charge in [-0.2, -0.15) is 0 Å². The summed E-state index contributed by atoms with van der Waals surface area (Å²) in [5, 5.41) is 0. The van der Waals surface area contributed by atoms with Gasteiger partial charge in [0, 0.05) is 19.3 Å². The van der Waals surface area contributed by atoms with Crippen molar-refractivity contribution >= 4 is 17.9 Å². The molecule has 0 saturated heterocycles. The Bertz CT molecular complexity index is 1460. The van der Waals surface area contributed by atoms with E-state index >= 15 is 0 Å². The summed E-state index contributed by atoms with van der Waals surface area (Å²) in [5.74, 6) is -0.944. The molecule has 0 bridgehead atoms. The van der Waals surface area contributed by atoms with Crippen LogP contribution >= 0.6 is 0 Å². The monoisotopic (exact) mass is 985 g/mol. The van der Waals surface area contributed by atoms with Crippen LogP contribution in [0.4, 0.5) is 0 Å². The van der Waals surface area contributed by atoms with E-state index in [0.717, 1.165) is 122 Å². The quantitative estimate of drug-likeness (QED) is 0.0261. The van der Waals surface area contributed by atoms with E-state index in [0.29, 0.717) is 19.3 Å². The lowest BCUT2D eigenvalue weighted by Gasteiger charge is -2.18. The van der Waals surface area contributed by atoms with Gasteiger partial charge >= 0.3 is 17.9 Å². The maximum atomic E-state index is 12.9. The summed E-state index contributed by atoms with van der Waals surface area (Å²) in [4.78, 5) is 38.2. The zero-order valence-corrected chi connectivity index (χ0v) is 46.2. The van der Waals surface area contributed by atoms with Gasteiger partial charge in [0.25, 0.3) is 0 Å². The SMILES string of the molecule is CC/C=C\C/C=C\C/C=C\C/C=C\C/C=C\CCCCCC(=O)OC[C@H](COC(=O)CCCCCCCCC/C=C\C/C=C\CCCCC)OC(=O)CCCCCCCCC/C=C\C/C=C\CCCCC. The number of allylic oxidation sites excluding steroid dienone is 18. The molecule has 404 valence electrons. The molecule has 0 unspecified atom stereocenters. The van der Waals surface area contributed by atoms with Crippen molar-refractivity contribution in [2.45, 2.75) is 271 Å². The molecular weight excluding hydrogens is 877 g/mol. The highest BCUT2D eigenvalue weighted by atomic mass is 16.6. The number of hydrogen-bond acceptors (Lipinski definition) is 6. The molecular formula is C65H108O6. The Labute approximate surface area is 438 Å². The highest BCUT2D eigenvalue weighted by Crippen LogP contribution is 2.14. The maximum absolute atomic E-state index is 12.9. The van der Waals surface area contributed by atoms with E-state index in [1.165, 1.54) is 103 Å². The standard InChI is InChI=1S/C65H108O6/c1-4-7-10-13-16-19-22-25-28-31-32-35-37-40-43-46-49-52-55-58-64(67)70-61-62(71-65(68)59-56-53-50-47-44-41-38-34-30-27-24-21-18-15-12-9-6-3)60-69-63(66)57-54-51-48-45-42-39-36-33-29-26-23-20-17-14-11-8-5-2/h7,10,16-21,25-30,32,35,40,43,62H,4-6,8-9,11-15,22-24,31,33-34,36-39,41-42,44-61H2,1-3H3/b10-7-,19-16-,20-17-,21-18-,28-25-,29-26-,30-27-,35-32-,43-40-/t62-/m0/s1. The predicted octanol–water partition coefficient (Wildman–Crippen LogP) is 19.9. The van der Waals surface area contributed by atoms with Gasteiger partial charge in [-0.3, -0.25) is 14.4 Å². The predicted molar refractivity (Wildman–Crippen MR) is 307 cm³/mol. The van der Waals surface area contributed by atoms with Crippen LogP contribution in [0.2, 0.25) is 0 Å². The molecule has 0 heterocycles. The second-order valence-electron chi connectivity index (χ2n) is 19.2. The van der Waals surface area contributed by atoms with Crippen molar-refractivity contribution in [2.75, 3.05) is 13.2 Å². The molecule has 6 nitrogen and oxygen atoms in total. The van der Waals surface area contributed by atoms with E-state index < -0.39 is 6.10 Å². The minimum absolute atomic E-state index is 0.0975. The van der Waals surface area contributed by atoms with Gasteiger partial charge in [0.05, 0.1) is 0 Å². The van der Waals surface area contributed by atoms with Crippen LogP contribution in [0.5, 0.6) is 0 Å². The molecule has 0 amide bonds. The van der Waals surface area contributed by atoms with Gasteiger partial charge in [0.15, 0.2) is 6.10 Å². The van der Waals surface area contributed by atoms with Crippen molar-refractivity contribution in [3.8, 4) is 0 Å². The van der Waals surface area contributed by atoms with Crippen molar-refractivity contribution in [1.29, 1.82) is 0 Å². The summed E-state index contributed by atoms with van der Waals surface area (Å²) in [6, 6.07) is 0. The molecule has 0 aliphatic carbocycles. The smallest absolute Gasteiger partial charge is 0.306 e. The van der Waals surface area contributed by atoms with Crippen molar-refractivity contribution in [3.63, 3.8) is 0 Å². The molecule has 0 fully saturated rings. The van der Waals surface area contributed by atoms with E-state index in [-0.39, 0.29) is 31.1 Å². The van der Waals surface area contributed by atoms with Gasteiger partial charge in [0.2, 0.25) is 0 Å². The maximum Gasteiger partial charge on any atom is 0.306 e. The Morgan fingerprint density at radius 1 is 0.296 bits per heavy atom. The van der Waals surface area contributed by atoms with E-state index in [4.69, 9.17) is 14.2 Å². The van der Waals surface area contributed by atoms with Crippen LogP contribution < -0.4 is 0 Å². The average molecular weight is 986 g/mol. The molecule has 0 aliphatic rings. The Hall–Kier alpha value is -3.93. The first-order chi connectivity index (χ1) is 35.0. The first kappa shape index (κ1) is 67.1. The highest BCUT2D eigenvalue weighted by molar-refractivity contribution is 5.71. The molecule has 1 atom stereocenters. The Kier molecular flexibility index (Phi) is 55.4. The average Bonchev–Trinajstić information content (AvgIpc) is 3.37. The molecule has 0 spiro atoms. The number of esters is 3. The molecule has 0 aliphatic heterocycles. The van der Waals surface area contributed by atoms with Gasteiger partial charge in [-0.25, -0.2) is 0 Å². The van der Waals surface area contributed by atoms with Crippen LogP contribution in [-0.2, 0) is 28.6 Å². The molecule has 0 aromatic carbocycles. The fourth-order valence-corrected chi connectivity index (χ4v) is 7.82. The van der Waals surface area contributed by atoms with E-state index in [9.17, 15) is 14.4 Å². The molecule has 0 radical (unpaired) electrons. The normalized spacial score (nSPS) is 12.9. The topological polar surface area (TPSA) is 78.9 Å². The zero-order valence-electron chi connectivity index (χ0n) is 46.2. The fraction of sp³-hybridized carbons (Fsp3) is 0.677. The number of carbonyl (C=O) groups excluding carboxylic acids is 3. The zero-order chi connectivity index (χ0) is 51.4. The second kappa shape index (κ2) is 58.6. The van der Waals surface area contributed by atoms with Crippen LogP contribution in [0.25, 0.3) is 0 Å². The Morgan fingerprint density at radius 2 is 0.549 bits per heavy atom. The van der Waals surface area contributed by atoms with E-state index in [1.54, 1.807) is 0 Å². The summed E-state index contributed by atoms with van der Waals surface area (Å²) in [7, 11) is 0. The third kappa shape index (κ3) is 56.9. The highest BCUT2D eigenvalue weighted by Gasteiger charge is 2.19. The number of carbonyl (C=O) groups is 3. The Balaban J connectivity index is 4.49. The third-order valence-corrected chi connectivity index (χ3v) is 12.2.